The highest BCUT2D eigenvalue weighted by atomic mass is 16.6. The average molecular weight is 368 g/mol. The maximum absolute atomic E-state index is 12.5. The highest BCUT2D eigenvalue weighted by Gasteiger charge is 2.37. The van der Waals surface area contributed by atoms with Gasteiger partial charge in [-0.1, -0.05) is 0 Å². The maximum Gasteiger partial charge on any atom is 0.424 e. The second kappa shape index (κ2) is 7.61. The van der Waals surface area contributed by atoms with Crippen molar-refractivity contribution < 1.29 is 9.53 Å². The Morgan fingerprint density at radius 2 is 2.22 bits per heavy atom. The average Bonchev–Trinajstić information content (AvgIpc) is 3.21. The van der Waals surface area contributed by atoms with Crippen LogP contribution < -0.4 is 0 Å². The number of rotatable bonds is 4. The van der Waals surface area contributed by atoms with Crippen molar-refractivity contribution >= 4 is 17.0 Å². The van der Waals surface area contributed by atoms with Gasteiger partial charge in [-0.05, 0) is 70.2 Å². The van der Waals surface area contributed by atoms with Crippen molar-refractivity contribution in [3.8, 4) is 6.07 Å². The predicted octanol–water partition coefficient (Wildman–Crippen LogP) is 4.08. The van der Waals surface area contributed by atoms with Gasteiger partial charge in [0.1, 0.15) is 0 Å². The Morgan fingerprint density at radius 3 is 2.89 bits per heavy atom. The smallest absolute Gasteiger partial charge is 0.424 e. The number of ether oxygens (including phenoxy) is 1. The van der Waals surface area contributed by atoms with Crippen LogP contribution in [0.2, 0.25) is 0 Å². The third-order valence-electron chi connectivity index (χ3n) is 5.03. The van der Waals surface area contributed by atoms with Gasteiger partial charge in [0, 0.05) is 30.2 Å². The molecule has 6 nitrogen and oxygen atoms in total. The summed E-state index contributed by atoms with van der Waals surface area (Å²) in [5, 5.41) is 14.2. The zero-order valence-electron chi connectivity index (χ0n) is 16.6. The first-order valence-corrected chi connectivity index (χ1v) is 9.55. The monoisotopic (exact) mass is 368 g/mol. The van der Waals surface area contributed by atoms with E-state index in [1.165, 1.54) is 5.56 Å². The van der Waals surface area contributed by atoms with Crippen LogP contribution in [0, 0.1) is 17.2 Å². The molecule has 6 heteroatoms. The molecule has 0 radical (unpaired) electrons. The summed E-state index contributed by atoms with van der Waals surface area (Å²) < 4.78 is 5.28. The van der Waals surface area contributed by atoms with Gasteiger partial charge in [-0.15, -0.1) is 0 Å². The summed E-state index contributed by atoms with van der Waals surface area (Å²) in [6, 6.07) is 7.96. The predicted molar refractivity (Wildman–Crippen MR) is 105 cm³/mol. The number of nitriles is 1. The Labute approximate surface area is 160 Å². The van der Waals surface area contributed by atoms with Crippen LogP contribution >= 0.6 is 0 Å². The maximum atomic E-state index is 12.5. The van der Waals surface area contributed by atoms with Crippen LogP contribution in [0.1, 0.15) is 45.2 Å². The quantitative estimate of drug-likeness (QED) is 0.883. The lowest BCUT2D eigenvalue weighted by Gasteiger charge is -2.40. The molecule has 1 N–H and O–H groups in total. The Balaban J connectivity index is 1.74. The normalized spacial score (nSPS) is 17.8. The molecule has 2 aromatic rings. The van der Waals surface area contributed by atoms with Gasteiger partial charge in [0.2, 0.25) is 0 Å². The van der Waals surface area contributed by atoms with E-state index in [1.807, 2.05) is 52.1 Å². The van der Waals surface area contributed by atoms with Gasteiger partial charge in [-0.2, -0.15) is 5.26 Å². The number of aromatic amines is 1. The lowest BCUT2D eigenvalue weighted by Crippen LogP contribution is -2.55. The minimum Gasteiger partial charge on any atom is -0.449 e. The van der Waals surface area contributed by atoms with Gasteiger partial charge in [0.05, 0.1) is 23.8 Å². The number of aromatic nitrogens is 1. The van der Waals surface area contributed by atoms with Crippen molar-refractivity contribution in [1.82, 2.24) is 15.0 Å². The fourth-order valence-corrected chi connectivity index (χ4v) is 3.89. The molecule has 0 bridgehead atoms. The van der Waals surface area contributed by atoms with E-state index in [4.69, 9.17) is 10.00 Å². The van der Waals surface area contributed by atoms with Crippen molar-refractivity contribution in [3.05, 3.63) is 35.5 Å². The Bertz CT molecular complexity index is 859. The van der Waals surface area contributed by atoms with Gasteiger partial charge < -0.3 is 9.72 Å². The molecule has 1 aromatic heterocycles. The third kappa shape index (κ3) is 4.09. The first-order valence-electron chi connectivity index (χ1n) is 9.55. The summed E-state index contributed by atoms with van der Waals surface area (Å²) in [5.41, 5.74) is 2.63. The molecule has 1 aliphatic heterocycles. The van der Waals surface area contributed by atoms with E-state index in [1.54, 1.807) is 5.01 Å². The van der Waals surface area contributed by atoms with E-state index < -0.39 is 0 Å². The lowest BCUT2D eigenvalue weighted by molar-refractivity contribution is -0.0622. The van der Waals surface area contributed by atoms with Crippen LogP contribution in [-0.2, 0) is 11.2 Å². The molecule has 0 aliphatic carbocycles. The molecule has 1 atom stereocenters. The molecule has 1 aliphatic rings. The van der Waals surface area contributed by atoms with Crippen LogP contribution in [-0.4, -0.2) is 46.3 Å². The molecule has 1 unspecified atom stereocenters. The number of fused-ring (bicyclic) bond motifs is 1. The highest BCUT2D eigenvalue weighted by molar-refractivity contribution is 5.84. The number of benzene rings is 1. The van der Waals surface area contributed by atoms with Crippen molar-refractivity contribution in [3.63, 3.8) is 0 Å². The van der Waals surface area contributed by atoms with E-state index >= 15 is 0 Å². The number of hydrazine groups is 1. The molecule has 2 heterocycles. The topological polar surface area (TPSA) is 72.4 Å². The molecule has 1 amide bonds. The van der Waals surface area contributed by atoms with E-state index in [9.17, 15) is 4.79 Å². The van der Waals surface area contributed by atoms with Crippen molar-refractivity contribution in [2.24, 2.45) is 5.92 Å². The summed E-state index contributed by atoms with van der Waals surface area (Å²) in [7, 11) is 0. The van der Waals surface area contributed by atoms with Gasteiger partial charge in [-0.3, -0.25) is 0 Å². The van der Waals surface area contributed by atoms with Gasteiger partial charge in [-0.25, -0.2) is 14.8 Å². The number of carbonyl (C=O) groups is 1. The molecular weight excluding hydrogens is 340 g/mol. The number of hydrogen-bond donors (Lipinski definition) is 1. The Morgan fingerprint density at radius 1 is 1.44 bits per heavy atom. The first kappa shape index (κ1) is 19.2. The van der Waals surface area contributed by atoms with Gasteiger partial charge in [0.25, 0.3) is 0 Å². The van der Waals surface area contributed by atoms with Crippen LogP contribution in [0.3, 0.4) is 0 Å². The molecule has 144 valence electrons. The van der Waals surface area contributed by atoms with E-state index in [0.29, 0.717) is 18.1 Å². The minimum absolute atomic E-state index is 0.281. The largest absolute Gasteiger partial charge is 0.449 e. The SMILES string of the molecule is CCOC(=O)N(N1CCC(Cc2c[nH]c3ccc(C#N)cc23)C1)C(C)(C)C. The summed E-state index contributed by atoms with van der Waals surface area (Å²) in [6.45, 7) is 9.95. The molecule has 1 aromatic carbocycles. The molecule has 3 rings (SSSR count). The van der Waals surface area contributed by atoms with Crippen LogP contribution in [0.5, 0.6) is 0 Å². The molecule has 27 heavy (non-hydrogen) atoms. The Hall–Kier alpha value is -2.52. The molecule has 0 spiro atoms. The van der Waals surface area contributed by atoms with Crippen LogP contribution in [0.25, 0.3) is 10.9 Å². The van der Waals surface area contributed by atoms with Crippen molar-refractivity contribution in [1.29, 1.82) is 5.26 Å². The number of nitrogens with one attached hydrogen (secondary N) is 1. The second-order valence-corrected chi connectivity index (χ2v) is 8.14. The second-order valence-electron chi connectivity index (χ2n) is 8.14. The molecule has 0 saturated carbocycles. The van der Waals surface area contributed by atoms with E-state index in [2.05, 4.69) is 16.1 Å². The fourth-order valence-electron chi connectivity index (χ4n) is 3.89. The minimum atomic E-state index is -0.330. The van der Waals surface area contributed by atoms with Gasteiger partial charge in [0.15, 0.2) is 0 Å². The van der Waals surface area contributed by atoms with E-state index in [0.717, 1.165) is 36.8 Å². The van der Waals surface area contributed by atoms with Crippen LogP contribution in [0.15, 0.2) is 24.4 Å². The summed E-state index contributed by atoms with van der Waals surface area (Å²) in [5.74, 6) is 0.453. The number of H-pyrrole nitrogens is 1. The van der Waals surface area contributed by atoms with Crippen molar-refractivity contribution in [2.45, 2.75) is 46.1 Å². The number of carbonyl (C=O) groups excluding carboxylic acids is 1. The van der Waals surface area contributed by atoms with Crippen molar-refractivity contribution in [2.75, 3.05) is 19.7 Å². The third-order valence-corrected chi connectivity index (χ3v) is 5.03. The zero-order chi connectivity index (χ0) is 19.6. The van der Waals surface area contributed by atoms with Gasteiger partial charge >= 0.3 is 6.09 Å². The first-order chi connectivity index (χ1) is 12.8. The summed E-state index contributed by atoms with van der Waals surface area (Å²) in [6.07, 6.45) is 3.71. The van der Waals surface area contributed by atoms with Crippen LogP contribution in [0.4, 0.5) is 4.79 Å². The molecular formula is C21H28N4O2. The number of nitrogens with zero attached hydrogens (tertiary/aromatic N) is 3. The number of hydrogen-bond acceptors (Lipinski definition) is 4. The zero-order valence-corrected chi connectivity index (χ0v) is 16.6. The Kier molecular flexibility index (Phi) is 5.43. The van der Waals surface area contributed by atoms with E-state index in [-0.39, 0.29) is 11.6 Å². The molecule has 1 fully saturated rings. The highest BCUT2D eigenvalue weighted by Crippen LogP contribution is 2.29. The summed E-state index contributed by atoms with van der Waals surface area (Å²) >= 11 is 0. The number of amides is 1. The fraction of sp³-hybridized carbons (Fsp3) is 0.524. The lowest BCUT2D eigenvalue weighted by atomic mass is 9.98. The summed E-state index contributed by atoms with van der Waals surface area (Å²) in [4.78, 5) is 15.8. The standard InChI is InChI=1S/C21H28N4O2/c1-5-27-20(26)25(21(2,3)4)24-9-8-16(14-24)10-17-13-23-19-7-6-15(12-22)11-18(17)19/h6-7,11,13,16,23H,5,8-10,14H2,1-4H3. The molecule has 1 saturated heterocycles.